The van der Waals surface area contributed by atoms with Crippen molar-refractivity contribution in [3.63, 3.8) is 0 Å². The highest BCUT2D eigenvalue weighted by Crippen LogP contribution is 2.51. The van der Waals surface area contributed by atoms with Crippen molar-refractivity contribution < 1.29 is 13.9 Å². The molecule has 0 bridgehead atoms. The van der Waals surface area contributed by atoms with Crippen LogP contribution in [-0.4, -0.2) is 25.2 Å². The Hall–Kier alpha value is -3.23. The molecule has 2 aliphatic heterocycles. The van der Waals surface area contributed by atoms with E-state index < -0.39 is 0 Å². The summed E-state index contributed by atoms with van der Waals surface area (Å²) < 4.78 is 18.9. The second-order valence-corrected chi connectivity index (χ2v) is 9.44. The number of thioether (sulfide) groups is 2. The first kappa shape index (κ1) is 21.6. The molecule has 5 nitrogen and oxygen atoms in total. The Balaban J connectivity index is 1.54. The van der Waals surface area contributed by atoms with Gasteiger partial charge in [-0.1, -0.05) is 42.1 Å². The Bertz CT molecular complexity index is 1280. The van der Waals surface area contributed by atoms with E-state index in [0.29, 0.717) is 22.3 Å². The van der Waals surface area contributed by atoms with Gasteiger partial charge < -0.3 is 9.64 Å². The SMILES string of the molecule is COc1ccc2c(c1)N(C)C(=C1SC(=NCc3ccccc3)N(c3ccc(F)cc3)C1=O)S2. The van der Waals surface area contributed by atoms with Crippen LogP contribution in [0.2, 0.25) is 0 Å². The molecule has 0 aliphatic carbocycles. The maximum atomic E-state index is 13.6. The van der Waals surface area contributed by atoms with E-state index in [1.54, 1.807) is 35.9 Å². The summed E-state index contributed by atoms with van der Waals surface area (Å²) in [4.78, 5) is 23.6. The maximum Gasteiger partial charge on any atom is 0.274 e. The number of carbonyl (C=O) groups is 1. The number of aliphatic imine (C=N–C) groups is 1. The molecule has 166 valence electrons. The highest BCUT2D eigenvalue weighted by atomic mass is 32.2. The van der Waals surface area contributed by atoms with Gasteiger partial charge in [0.2, 0.25) is 0 Å². The Morgan fingerprint density at radius 3 is 2.48 bits per heavy atom. The number of anilines is 2. The normalized spacial score (nSPS) is 18.9. The minimum atomic E-state index is -0.352. The Kier molecular flexibility index (Phi) is 5.86. The third kappa shape index (κ3) is 4.12. The summed E-state index contributed by atoms with van der Waals surface area (Å²) in [6.45, 7) is 0.442. The van der Waals surface area contributed by atoms with Crippen LogP contribution in [0.5, 0.6) is 5.75 Å². The van der Waals surface area contributed by atoms with Crippen molar-refractivity contribution in [2.24, 2.45) is 4.99 Å². The number of benzene rings is 3. The molecule has 0 N–H and O–H groups in total. The highest BCUT2D eigenvalue weighted by molar-refractivity contribution is 8.20. The van der Waals surface area contributed by atoms with E-state index in [1.807, 2.05) is 60.5 Å². The summed E-state index contributed by atoms with van der Waals surface area (Å²) in [6.07, 6.45) is 0. The van der Waals surface area contributed by atoms with Crippen molar-refractivity contribution in [2.45, 2.75) is 11.4 Å². The number of amidine groups is 1. The molecule has 33 heavy (non-hydrogen) atoms. The zero-order valence-electron chi connectivity index (χ0n) is 18.0. The molecule has 2 aliphatic rings. The summed E-state index contributed by atoms with van der Waals surface area (Å²) >= 11 is 2.89. The number of rotatable bonds is 4. The molecule has 3 aromatic carbocycles. The first-order chi connectivity index (χ1) is 16.0. The fourth-order valence-electron chi connectivity index (χ4n) is 3.62. The lowest BCUT2D eigenvalue weighted by molar-refractivity contribution is -0.113. The van der Waals surface area contributed by atoms with Crippen LogP contribution >= 0.6 is 23.5 Å². The predicted octanol–water partition coefficient (Wildman–Crippen LogP) is 5.88. The van der Waals surface area contributed by atoms with E-state index in [9.17, 15) is 9.18 Å². The summed E-state index contributed by atoms with van der Waals surface area (Å²) in [6, 6.07) is 21.7. The third-order valence-electron chi connectivity index (χ3n) is 5.34. The lowest BCUT2D eigenvalue weighted by Crippen LogP contribution is -2.29. The quantitative estimate of drug-likeness (QED) is 0.439. The topological polar surface area (TPSA) is 45.1 Å². The van der Waals surface area contributed by atoms with Crippen LogP contribution in [0.4, 0.5) is 15.8 Å². The molecule has 5 rings (SSSR count). The van der Waals surface area contributed by atoms with Gasteiger partial charge in [0.15, 0.2) is 5.17 Å². The zero-order chi connectivity index (χ0) is 22.9. The molecule has 3 aromatic rings. The monoisotopic (exact) mass is 477 g/mol. The summed E-state index contributed by atoms with van der Waals surface area (Å²) in [5.74, 6) is 0.235. The molecule has 2 heterocycles. The minimum absolute atomic E-state index is 0.174. The first-order valence-electron chi connectivity index (χ1n) is 10.3. The molecule has 0 spiro atoms. The molecule has 0 atom stereocenters. The molecule has 0 aromatic heterocycles. The Morgan fingerprint density at radius 1 is 1.00 bits per heavy atom. The van der Waals surface area contributed by atoms with Crippen molar-refractivity contribution in [1.29, 1.82) is 0 Å². The van der Waals surface area contributed by atoms with Crippen molar-refractivity contribution >= 4 is 46.0 Å². The van der Waals surface area contributed by atoms with E-state index in [2.05, 4.69) is 0 Å². The van der Waals surface area contributed by atoms with Gasteiger partial charge in [0.25, 0.3) is 5.91 Å². The Morgan fingerprint density at radius 2 is 1.76 bits per heavy atom. The van der Waals surface area contributed by atoms with Crippen LogP contribution in [0.3, 0.4) is 0 Å². The van der Waals surface area contributed by atoms with Crippen molar-refractivity contribution in [3.8, 4) is 5.75 Å². The van der Waals surface area contributed by atoms with Crippen molar-refractivity contribution in [1.82, 2.24) is 0 Å². The average molecular weight is 478 g/mol. The van der Waals surface area contributed by atoms with Gasteiger partial charge in [-0.3, -0.25) is 14.7 Å². The average Bonchev–Trinajstić information content (AvgIpc) is 3.34. The van der Waals surface area contributed by atoms with E-state index in [1.165, 1.54) is 23.9 Å². The number of halogens is 1. The molecule has 0 unspecified atom stereocenters. The molecule has 8 heteroatoms. The van der Waals surface area contributed by atoms with Crippen LogP contribution in [0, 0.1) is 5.82 Å². The third-order valence-corrected chi connectivity index (χ3v) is 7.77. The van der Waals surface area contributed by atoms with Gasteiger partial charge in [-0.05, 0) is 53.7 Å². The van der Waals surface area contributed by atoms with Gasteiger partial charge in [-0.25, -0.2) is 4.39 Å². The van der Waals surface area contributed by atoms with Gasteiger partial charge in [-0.15, -0.1) is 0 Å². The van der Waals surface area contributed by atoms with Gasteiger partial charge >= 0.3 is 0 Å². The van der Waals surface area contributed by atoms with Gasteiger partial charge in [0.1, 0.15) is 16.5 Å². The lowest BCUT2D eigenvalue weighted by Gasteiger charge is -2.17. The molecular weight excluding hydrogens is 457 g/mol. The van der Waals surface area contributed by atoms with Crippen molar-refractivity contribution in [2.75, 3.05) is 24.0 Å². The lowest BCUT2D eigenvalue weighted by atomic mass is 10.2. The largest absolute Gasteiger partial charge is 0.497 e. The molecule has 1 fully saturated rings. The maximum absolute atomic E-state index is 13.6. The second-order valence-electron chi connectivity index (χ2n) is 7.43. The van der Waals surface area contributed by atoms with Crippen LogP contribution in [0.15, 0.2) is 92.6 Å². The molecule has 0 radical (unpaired) electrons. The smallest absolute Gasteiger partial charge is 0.274 e. The molecule has 1 saturated heterocycles. The number of carbonyl (C=O) groups excluding carboxylic acids is 1. The first-order valence-corrected chi connectivity index (χ1v) is 11.9. The predicted molar refractivity (Wildman–Crippen MR) is 133 cm³/mol. The number of methoxy groups -OCH3 is 1. The van der Waals surface area contributed by atoms with Gasteiger partial charge in [0, 0.05) is 18.0 Å². The second kappa shape index (κ2) is 8.96. The number of hydrogen-bond donors (Lipinski definition) is 0. The van der Waals surface area contributed by atoms with E-state index in [0.717, 1.165) is 26.9 Å². The molecule has 0 saturated carbocycles. The molecular formula is C25H20FN3O2S2. The van der Waals surface area contributed by atoms with Crippen LogP contribution < -0.4 is 14.5 Å². The fourth-order valence-corrected chi connectivity index (χ4v) is 5.92. The zero-order valence-corrected chi connectivity index (χ0v) is 19.6. The fraction of sp³-hybridized carbons (Fsp3) is 0.120. The summed E-state index contributed by atoms with van der Waals surface area (Å²) in [5.41, 5.74) is 2.62. The van der Waals surface area contributed by atoms with Crippen LogP contribution in [0.1, 0.15) is 5.56 Å². The standard InChI is InChI=1S/C25H20FN3O2S2/c1-28-20-14-19(31-2)12-13-21(20)32-24(28)22-23(30)29(18-10-8-17(26)9-11-18)25(33-22)27-15-16-6-4-3-5-7-16/h3-14H,15H2,1-2H3. The van der Waals surface area contributed by atoms with E-state index in [-0.39, 0.29) is 11.7 Å². The number of fused-ring (bicyclic) bond motifs is 1. The number of nitrogens with zero attached hydrogens (tertiary/aromatic N) is 3. The number of amides is 1. The van der Waals surface area contributed by atoms with Crippen LogP contribution in [0.25, 0.3) is 0 Å². The minimum Gasteiger partial charge on any atom is -0.497 e. The summed E-state index contributed by atoms with van der Waals surface area (Å²) in [7, 11) is 3.57. The number of ether oxygens (including phenoxy) is 1. The van der Waals surface area contributed by atoms with Gasteiger partial charge in [0.05, 0.1) is 30.1 Å². The molecule has 1 amide bonds. The number of hydrogen-bond acceptors (Lipinski definition) is 6. The highest BCUT2D eigenvalue weighted by Gasteiger charge is 2.40. The van der Waals surface area contributed by atoms with E-state index in [4.69, 9.17) is 9.73 Å². The van der Waals surface area contributed by atoms with E-state index >= 15 is 0 Å². The summed E-state index contributed by atoms with van der Waals surface area (Å²) in [5, 5.41) is 1.41. The van der Waals surface area contributed by atoms with Crippen LogP contribution in [-0.2, 0) is 11.3 Å². The van der Waals surface area contributed by atoms with Crippen molar-refractivity contribution in [3.05, 3.63) is 94.1 Å². The van der Waals surface area contributed by atoms with Gasteiger partial charge in [-0.2, -0.15) is 0 Å². The Labute approximate surface area is 200 Å².